The molecule has 2 aromatic heterocycles. The number of likely N-dealkylation sites (N-methyl/N-ethyl adjacent to an activating group) is 2. The largest absolute Gasteiger partial charge is 0.492 e. The minimum Gasteiger partial charge on any atom is -0.492 e. The van der Waals surface area contributed by atoms with Crippen molar-refractivity contribution in [1.29, 1.82) is 0 Å². The molecule has 10 rings (SSSR count). The number of fused-ring (bicyclic) bond motifs is 2. The van der Waals surface area contributed by atoms with E-state index in [1.807, 2.05) is 79.5 Å². The van der Waals surface area contributed by atoms with Crippen molar-refractivity contribution in [3.05, 3.63) is 239 Å². The van der Waals surface area contributed by atoms with Crippen LogP contribution >= 0.6 is 23.2 Å². The van der Waals surface area contributed by atoms with Crippen molar-refractivity contribution >= 4 is 132 Å². The van der Waals surface area contributed by atoms with Gasteiger partial charge in [-0.15, -0.1) is 0 Å². The van der Waals surface area contributed by atoms with E-state index >= 15 is 0 Å². The molecule has 10 aromatic rings. The summed E-state index contributed by atoms with van der Waals surface area (Å²) in [5.74, 6) is 0.390. The fourth-order valence-electron chi connectivity index (χ4n) is 8.46. The fraction of sp³-hybridized carbons (Fsp3) is 0.194. The first-order chi connectivity index (χ1) is 49.7. The summed E-state index contributed by atoms with van der Waals surface area (Å²) in [6.07, 6.45) is 9.31. The number of hydrogen-bond donors (Lipinski definition) is 8. The summed E-state index contributed by atoms with van der Waals surface area (Å²) in [7, 11) is -8.41. The number of anilines is 6. The molecule has 0 spiro atoms. The van der Waals surface area contributed by atoms with Gasteiger partial charge in [-0.25, -0.2) is 28.7 Å². The molecule has 0 fully saturated rings. The number of aryl methyl sites for hydroxylation is 4. The molecule has 0 saturated carbocycles. The molecule has 0 saturated heterocycles. The van der Waals surface area contributed by atoms with Gasteiger partial charge in [0.1, 0.15) is 47.4 Å². The van der Waals surface area contributed by atoms with Crippen molar-refractivity contribution < 1.29 is 96.2 Å². The van der Waals surface area contributed by atoms with E-state index in [0.29, 0.717) is 94.0 Å². The van der Waals surface area contributed by atoms with Gasteiger partial charge >= 0.3 is 0 Å². The Morgan fingerprint density at radius 2 is 0.716 bits per heavy atom. The third-order valence-corrected chi connectivity index (χ3v) is 17.8. The lowest BCUT2D eigenvalue weighted by Crippen LogP contribution is -2.13. The first kappa shape index (κ1) is 95.0. The van der Waals surface area contributed by atoms with Crippen molar-refractivity contribution in [2.24, 2.45) is 0 Å². The Balaban J connectivity index is 0.000000475. The maximum absolute atomic E-state index is 13.5. The fourth-order valence-corrected chi connectivity index (χ4v) is 10.7. The molecule has 14 N–H and O–H groups in total. The molecule has 0 atom stereocenters. The van der Waals surface area contributed by atoms with Crippen molar-refractivity contribution in [3.63, 3.8) is 0 Å². The molecule has 29 nitrogen and oxygen atoms in total. The van der Waals surface area contributed by atoms with Crippen LogP contribution in [-0.2, 0) is 50.1 Å². The van der Waals surface area contributed by atoms with Crippen LogP contribution in [0.25, 0.3) is 21.8 Å². The second-order valence-electron chi connectivity index (χ2n) is 23.0. The van der Waals surface area contributed by atoms with Crippen LogP contribution in [0.5, 0.6) is 11.5 Å². The van der Waals surface area contributed by atoms with Crippen LogP contribution in [0.1, 0.15) is 36.1 Å². The van der Waals surface area contributed by atoms with E-state index in [1.54, 1.807) is 97.1 Å². The predicted octanol–water partition coefficient (Wildman–Crippen LogP) is 11.7. The number of halogens is 4. The first-order valence-electron chi connectivity index (χ1n) is 31.4. The van der Waals surface area contributed by atoms with Gasteiger partial charge in [0.25, 0.3) is 40.5 Å². The highest BCUT2D eigenvalue weighted by Crippen LogP contribution is 2.36. The lowest BCUT2D eigenvalue weighted by atomic mass is 10.1. The third kappa shape index (κ3) is 32.7. The molecule has 0 aliphatic rings. The molecule has 8 aromatic carbocycles. The lowest BCUT2D eigenvalue weighted by molar-refractivity contribution is -0.112. The Kier molecular flexibility index (Phi) is 38.7. The summed E-state index contributed by atoms with van der Waals surface area (Å²) in [6.45, 7) is 13.2. The average Bonchev–Trinajstić information content (AvgIpc) is 0.793. The van der Waals surface area contributed by atoms with Gasteiger partial charge in [-0.05, 0) is 167 Å². The molecule has 588 valence electrons. The second-order valence-corrected chi connectivity index (χ2v) is 29.5. The van der Waals surface area contributed by atoms with Gasteiger partial charge in [-0.3, -0.25) is 27.8 Å². The number of carbonyl (C=O) groups excluding carboxylic acids is 2. The number of benzene rings is 8. The topological polar surface area (TPSA) is 471 Å². The lowest BCUT2D eigenvalue weighted by Gasteiger charge is -2.14. The molecule has 0 aliphatic carbocycles. The molecule has 0 bridgehead atoms. The van der Waals surface area contributed by atoms with Crippen molar-refractivity contribution in [1.82, 2.24) is 29.7 Å². The number of nitrogens with zero attached hydrogens (tertiary/aromatic N) is 6. The van der Waals surface area contributed by atoms with E-state index in [0.717, 1.165) is 22.3 Å². The van der Waals surface area contributed by atoms with Crippen LogP contribution in [-0.4, -0.2) is 164 Å². The van der Waals surface area contributed by atoms with E-state index in [-0.39, 0.29) is 57.9 Å². The number of hydrogen-bond acceptors (Lipinski definition) is 20. The monoisotopic (exact) mass is 1630 g/mol. The summed E-state index contributed by atoms with van der Waals surface area (Å²) in [5.41, 5.74) is 7.18. The average molecular weight is 1630 g/mol. The Morgan fingerprint density at radius 3 is 0.954 bits per heavy atom. The second kappa shape index (κ2) is 44.4. The summed E-state index contributed by atoms with van der Waals surface area (Å²) in [4.78, 5) is 45.5. The van der Waals surface area contributed by atoms with Crippen LogP contribution < -0.4 is 30.7 Å². The molecule has 37 heteroatoms. The number of amides is 2. The smallest absolute Gasteiger partial charge is 0.294 e. The highest BCUT2D eigenvalue weighted by atomic mass is 35.5. The minimum atomic E-state index is -4.02. The molecule has 0 radical (unpaired) electrons. The molecular formula is C72H84Cl2F2N10O19S4. The van der Waals surface area contributed by atoms with Gasteiger partial charge in [0.15, 0.2) is 0 Å². The Labute approximate surface area is 640 Å². The van der Waals surface area contributed by atoms with Crippen LogP contribution in [0.2, 0.25) is 10.0 Å². The summed E-state index contributed by atoms with van der Waals surface area (Å²) in [6, 6.07) is 39.5. The molecule has 0 aliphatic heterocycles. The highest BCUT2D eigenvalue weighted by Gasteiger charge is 2.17. The normalized spacial score (nSPS) is 11.0. The Morgan fingerprint density at radius 1 is 0.440 bits per heavy atom. The maximum Gasteiger partial charge on any atom is 0.294 e. The Bertz CT molecular complexity index is 4730. The number of nitrogens with one attached hydrogen (secondary N) is 4. The van der Waals surface area contributed by atoms with E-state index < -0.39 is 52.1 Å². The molecule has 109 heavy (non-hydrogen) atoms. The minimum absolute atomic E-state index is 0. The van der Waals surface area contributed by atoms with E-state index in [2.05, 4.69) is 41.2 Å². The van der Waals surface area contributed by atoms with Crippen molar-refractivity contribution in [2.45, 2.75) is 61.1 Å². The van der Waals surface area contributed by atoms with Crippen LogP contribution in [0.15, 0.2) is 214 Å². The number of aromatic nitrogens is 4. The van der Waals surface area contributed by atoms with Gasteiger partial charge in [-0.1, -0.05) is 106 Å². The quantitative estimate of drug-likeness (QED) is 0.0259. The van der Waals surface area contributed by atoms with Crippen molar-refractivity contribution in [3.8, 4) is 11.5 Å². The zero-order chi connectivity index (χ0) is 78.7. The summed E-state index contributed by atoms with van der Waals surface area (Å²) >= 11 is 11.8. The summed E-state index contributed by atoms with van der Waals surface area (Å²) < 4.78 is 157. The standard InChI is InChI=1S/2C22H23ClFN5O2.4C7H8O3S.3H2O/c2*1-4-31-20-12-18-15(11-19(20)28-21(30)6-5-9-29(2)3)22(26-13-25-18)27-14-7-8-17(24)16(23)10-14;4*1-6-2-4-7(5-3-6)11(8,9)10;;;/h2*5-8,10-13H,4,9H2,1-3H3,(H,28,30)(H,25,26,27);4*2-5H,1H3,(H,8,9,10);3*1H2/b2*6-5+;;;;;;;. The highest BCUT2D eigenvalue weighted by molar-refractivity contribution is 7.86. The molecule has 2 amide bonds. The van der Waals surface area contributed by atoms with Crippen LogP contribution in [0.4, 0.5) is 43.2 Å². The first-order valence-corrected chi connectivity index (χ1v) is 37.9. The number of carbonyl (C=O) groups is 2. The third-order valence-electron chi connectivity index (χ3n) is 13.7. The van der Waals surface area contributed by atoms with Gasteiger partial charge in [0.2, 0.25) is 11.8 Å². The number of rotatable bonds is 20. The van der Waals surface area contributed by atoms with Gasteiger partial charge < -0.3 is 57.0 Å². The molecular weight excluding hydrogens is 1550 g/mol. The van der Waals surface area contributed by atoms with Gasteiger partial charge in [0, 0.05) is 59.5 Å². The number of ether oxygens (including phenoxy) is 2. The van der Waals surface area contributed by atoms with Gasteiger partial charge in [-0.2, -0.15) is 33.7 Å². The zero-order valence-electron chi connectivity index (χ0n) is 60.3. The molecule has 0 unspecified atom stereocenters. The predicted molar refractivity (Wildman–Crippen MR) is 418 cm³/mol. The van der Waals surface area contributed by atoms with Gasteiger partial charge in [0.05, 0.1) is 65.2 Å². The zero-order valence-corrected chi connectivity index (χ0v) is 65.1. The molecule has 2 heterocycles. The SMILES string of the molecule is CCOc1cc2ncnc(Nc3ccc(F)c(Cl)c3)c2cc1NC(=O)/C=C/CN(C)C.CCOc1cc2ncnc(Nc3ccc(F)c(Cl)c3)c2cc1NC(=O)/C=C/CN(C)C.Cc1ccc(S(=O)(=O)O)cc1.Cc1ccc(S(=O)(=O)O)cc1.Cc1ccc(S(=O)(=O)O)cc1.Cc1ccc(S(=O)(=O)O)cc1.O.O.O. The van der Waals surface area contributed by atoms with Crippen molar-refractivity contribution in [2.75, 3.05) is 75.8 Å². The van der Waals surface area contributed by atoms with Crippen LogP contribution in [0.3, 0.4) is 0 Å². The van der Waals surface area contributed by atoms with Crippen LogP contribution in [0, 0.1) is 39.3 Å². The maximum atomic E-state index is 13.5. The van der Waals surface area contributed by atoms with E-state index in [1.165, 1.54) is 97.6 Å². The summed E-state index contributed by atoms with van der Waals surface area (Å²) in [5, 5.41) is 13.2. The Hall–Kier alpha value is -10.1. The van der Waals surface area contributed by atoms with E-state index in [4.69, 9.17) is 50.9 Å². The van der Waals surface area contributed by atoms with E-state index in [9.17, 15) is 52.0 Å².